The van der Waals surface area contributed by atoms with Gasteiger partial charge in [-0.05, 0) is 18.1 Å². The Balaban J connectivity index is 3.69. The van der Waals surface area contributed by atoms with Gasteiger partial charge in [0.25, 0.3) is 0 Å². The molecule has 2 radical (unpaired) electrons. The Morgan fingerprint density at radius 2 is 1.57 bits per heavy atom. The molecule has 0 aliphatic rings. The van der Waals surface area contributed by atoms with Gasteiger partial charge in [0.15, 0.2) is 0 Å². The van der Waals surface area contributed by atoms with Crippen molar-refractivity contribution in [2.45, 2.75) is 36.8 Å². The third-order valence-corrected chi connectivity index (χ3v) is 2.48. The van der Waals surface area contributed by atoms with Crippen LogP contribution in [0, 0.1) is 0 Å². The van der Waals surface area contributed by atoms with Crippen molar-refractivity contribution in [1.82, 2.24) is 0 Å². The lowest BCUT2D eigenvalue weighted by Crippen LogP contribution is -2.13. The minimum Gasteiger partial charge on any atom is -0.481 e. The first kappa shape index (κ1) is 13.4. The topological polar surface area (TPSA) is 74.6 Å². The van der Waals surface area contributed by atoms with Crippen LogP contribution in [0.4, 0.5) is 0 Å². The van der Waals surface area contributed by atoms with Crippen molar-refractivity contribution in [2.75, 3.05) is 0 Å². The SMILES string of the molecule is [B]C(CCC(=O)O)C(S)CCC(=O)O. The summed E-state index contributed by atoms with van der Waals surface area (Å²) in [6.07, 6.45) is 0.683. The van der Waals surface area contributed by atoms with Gasteiger partial charge in [-0.3, -0.25) is 9.59 Å². The molecule has 0 saturated heterocycles. The molecule has 0 rings (SSSR count). The predicted molar refractivity (Wildman–Crippen MR) is 56.0 cm³/mol. The lowest BCUT2D eigenvalue weighted by Gasteiger charge is -2.17. The van der Waals surface area contributed by atoms with E-state index in [1.165, 1.54) is 0 Å². The van der Waals surface area contributed by atoms with Crippen LogP contribution < -0.4 is 0 Å². The van der Waals surface area contributed by atoms with Crippen LogP contribution in [-0.2, 0) is 9.59 Å². The summed E-state index contributed by atoms with van der Waals surface area (Å²) in [5, 5.41) is 16.5. The maximum absolute atomic E-state index is 10.2. The van der Waals surface area contributed by atoms with E-state index in [1.807, 2.05) is 0 Å². The van der Waals surface area contributed by atoms with E-state index in [9.17, 15) is 9.59 Å². The van der Waals surface area contributed by atoms with E-state index in [2.05, 4.69) is 12.6 Å². The molecule has 0 aromatic heterocycles. The zero-order valence-corrected chi connectivity index (χ0v) is 8.61. The van der Waals surface area contributed by atoms with Gasteiger partial charge in [-0.25, -0.2) is 0 Å². The second-order valence-electron chi connectivity index (χ2n) is 3.10. The van der Waals surface area contributed by atoms with Gasteiger partial charge in [0, 0.05) is 12.8 Å². The highest BCUT2D eigenvalue weighted by atomic mass is 32.1. The van der Waals surface area contributed by atoms with Gasteiger partial charge < -0.3 is 10.2 Å². The van der Waals surface area contributed by atoms with E-state index in [0.717, 1.165) is 0 Å². The maximum Gasteiger partial charge on any atom is 0.303 e. The highest BCUT2D eigenvalue weighted by Crippen LogP contribution is 2.23. The van der Waals surface area contributed by atoms with Gasteiger partial charge in [-0.2, -0.15) is 12.6 Å². The number of thiol groups is 1. The second kappa shape index (κ2) is 6.76. The molecule has 0 heterocycles. The van der Waals surface area contributed by atoms with Gasteiger partial charge in [-0.1, -0.05) is 5.82 Å². The lowest BCUT2D eigenvalue weighted by molar-refractivity contribution is -0.138. The Morgan fingerprint density at radius 3 is 2.00 bits per heavy atom. The number of carbonyl (C=O) groups is 2. The summed E-state index contributed by atoms with van der Waals surface area (Å²) in [6, 6.07) is 0. The van der Waals surface area contributed by atoms with Crippen molar-refractivity contribution in [3.63, 3.8) is 0 Å². The minimum absolute atomic E-state index is 0.00863. The summed E-state index contributed by atoms with van der Waals surface area (Å²) in [5.74, 6) is -2.16. The summed E-state index contributed by atoms with van der Waals surface area (Å²) in [6.45, 7) is 0. The average molecular weight is 216 g/mol. The molecule has 0 saturated carbocycles. The van der Waals surface area contributed by atoms with E-state index in [-0.39, 0.29) is 23.9 Å². The Hall–Kier alpha value is -0.645. The van der Waals surface area contributed by atoms with Crippen LogP contribution in [0.1, 0.15) is 25.7 Å². The fourth-order valence-electron chi connectivity index (χ4n) is 0.968. The molecule has 0 bridgehead atoms. The molecule has 78 valence electrons. The largest absolute Gasteiger partial charge is 0.481 e. The van der Waals surface area contributed by atoms with Crippen molar-refractivity contribution in [3.05, 3.63) is 0 Å². The van der Waals surface area contributed by atoms with Crippen LogP contribution in [-0.4, -0.2) is 35.2 Å². The van der Waals surface area contributed by atoms with Crippen LogP contribution in [0.5, 0.6) is 0 Å². The van der Waals surface area contributed by atoms with E-state index >= 15 is 0 Å². The van der Waals surface area contributed by atoms with Crippen molar-refractivity contribution < 1.29 is 19.8 Å². The van der Waals surface area contributed by atoms with E-state index < -0.39 is 11.9 Å². The van der Waals surface area contributed by atoms with Gasteiger partial charge in [0.05, 0.1) is 7.85 Å². The standard InChI is InChI=1S/C8H13BO4S/c9-5(1-3-7(10)11)6(14)2-4-8(12)13/h5-6,14H,1-4H2,(H,10,11)(H,12,13). The average Bonchev–Trinajstić information content (AvgIpc) is 2.09. The third kappa shape index (κ3) is 6.83. The summed E-state index contributed by atoms with van der Waals surface area (Å²) in [5.41, 5.74) is 0. The van der Waals surface area contributed by atoms with Crippen LogP contribution in [0.3, 0.4) is 0 Å². The quantitative estimate of drug-likeness (QED) is 0.438. The molecule has 0 amide bonds. The Labute approximate surface area is 89.5 Å². The normalized spacial score (nSPS) is 14.6. The van der Waals surface area contributed by atoms with Crippen molar-refractivity contribution in [2.24, 2.45) is 0 Å². The molecule has 0 aliphatic heterocycles. The number of hydrogen-bond acceptors (Lipinski definition) is 3. The molecule has 0 fully saturated rings. The Bertz CT molecular complexity index is 188. The number of aliphatic carboxylic acids is 2. The summed E-state index contributed by atoms with van der Waals surface area (Å²) >= 11 is 4.12. The van der Waals surface area contributed by atoms with E-state index in [4.69, 9.17) is 18.1 Å². The summed E-state index contributed by atoms with van der Waals surface area (Å²) < 4.78 is 0. The Morgan fingerprint density at radius 1 is 1.14 bits per heavy atom. The maximum atomic E-state index is 10.2. The number of carboxylic acid groups (broad SMARTS) is 2. The van der Waals surface area contributed by atoms with E-state index in [0.29, 0.717) is 12.8 Å². The predicted octanol–water partition coefficient (Wildman–Crippen LogP) is 0.971. The summed E-state index contributed by atoms with van der Waals surface area (Å²) in [7, 11) is 5.62. The van der Waals surface area contributed by atoms with Crippen LogP contribution in [0.15, 0.2) is 0 Å². The first-order chi connectivity index (χ1) is 6.43. The monoisotopic (exact) mass is 216 g/mol. The minimum atomic E-state index is -0.904. The smallest absolute Gasteiger partial charge is 0.303 e. The fourth-order valence-corrected chi connectivity index (χ4v) is 1.25. The molecule has 2 unspecified atom stereocenters. The second-order valence-corrected chi connectivity index (χ2v) is 3.76. The Kier molecular flexibility index (Phi) is 6.45. The highest BCUT2D eigenvalue weighted by Gasteiger charge is 2.15. The molecule has 0 aromatic carbocycles. The van der Waals surface area contributed by atoms with Gasteiger partial charge in [0.2, 0.25) is 0 Å². The molecule has 0 aromatic rings. The molecule has 14 heavy (non-hydrogen) atoms. The highest BCUT2D eigenvalue weighted by molar-refractivity contribution is 7.81. The van der Waals surface area contributed by atoms with E-state index in [1.54, 1.807) is 0 Å². The molecule has 4 nitrogen and oxygen atoms in total. The van der Waals surface area contributed by atoms with Crippen molar-refractivity contribution >= 4 is 32.4 Å². The first-order valence-electron chi connectivity index (χ1n) is 4.30. The number of carboxylic acids is 2. The summed E-state index contributed by atoms with van der Waals surface area (Å²) in [4.78, 5) is 20.4. The van der Waals surface area contributed by atoms with Gasteiger partial charge in [0.1, 0.15) is 0 Å². The first-order valence-corrected chi connectivity index (χ1v) is 4.82. The lowest BCUT2D eigenvalue weighted by atomic mass is 9.79. The number of hydrogen-bond donors (Lipinski definition) is 3. The molecular weight excluding hydrogens is 203 g/mol. The van der Waals surface area contributed by atoms with Gasteiger partial charge in [-0.15, -0.1) is 0 Å². The van der Waals surface area contributed by atoms with Gasteiger partial charge >= 0.3 is 11.9 Å². The third-order valence-electron chi connectivity index (χ3n) is 1.84. The molecule has 6 heteroatoms. The molecule has 0 aliphatic carbocycles. The van der Waals surface area contributed by atoms with Crippen LogP contribution in [0.25, 0.3) is 0 Å². The molecular formula is C8H13BO4S. The zero-order valence-electron chi connectivity index (χ0n) is 7.72. The molecule has 2 N–H and O–H groups in total. The van der Waals surface area contributed by atoms with Crippen LogP contribution in [0.2, 0.25) is 5.82 Å². The van der Waals surface area contributed by atoms with Crippen molar-refractivity contribution in [1.29, 1.82) is 0 Å². The zero-order chi connectivity index (χ0) is 11.1. The molecule has 0 spiro atoms. The number of rotatable bonds is 7. The molecule has 2 atom stereocenters. The van der Waals surface area contributed by atoms with Crippen molar-refractivity contribution in [3.8, 4) is 0 Å². The van der Waals surface area contributed by atoms with Crippen LogP contribution >= 0.6 is 12.6 Å². The fraction of sp³-hybridized carbons (Fsp3) is 0.750.